The van der Waals surface area contributed by atoms with Gasteiger partial charge in [-0.1, -0.05) is 12.1 Å². The molecule has 0 saturated carbocycles. The van der Waals surface area contributed by atoms with Gasteiger partial charge in [0.25, 0.3) is 0 Å². The number of carboxylic acids is 1. The van der Waals surface area contributed by atoms with Crippen molar-refractivity contribution >= 4 is 21.9 Å². The van der Waals surface area contributed by atoms with E-state index in [-0.39, 0.29) is 5.69 Å². The second-order valence-electron chi connectivity index (χ2n) is 3.67. The van der Waals surface area contributed by atoms with Gasteiger partial charge in [-0.2, -0.15) is 0 Å². The molecule has 0 amide bonds. The summed E-state index contributed by atoms with van der Waals surface area (Å²) in [5.74, 6) is -1.05. The van der Waals surface area contributed by atoms with Crippen molar-refractivity contribution in [3.8, 4) is 0 Å². The zero-order valence-corrected chi connectivity index (χ0v) is 11.3. The van der Waals surface area contributed by atoms with Crippen LogP contribution in [0.4, 0.5) is 0 Å². The average Bonchev–Trinajstić information content (AvgIpc) is 2.75. The summed E-state index contributed by atoms with van der Waals surface area (Å²) in [7, 11) is 0. The molecule has 0 aliphatic heterocycles. The molecule has 0 aliphatic rings. The molecule has 7 heteroatoms. The quantitative estimate of drug-likeness (QED) is 0.930. The topological polar surface area (TPSA) is 80.9 Å². The van der Waals surface area contributed by atoms with E-state index >= 15 is 0 Å². The second kappa shape index (κ2) is 5.26. The van der Waals surface area contributed by atoms with Crippen LogP contribution in [-0.2, 0) is 13.0 Å². The zero-order chi connectivity index (χ0) is 13.1. The fourth-order valence-electron chi connectivity index (χ4n) is 1.63. The molecule has 0 fully saturated rings. The third-order valence-corrected chi connectivity index (χ3v) is 2.94. The highest BCUT2D eigenvalue weighted by molar-refractivity contribution is 9.10. The van der Waals surface area contributed by atoms with Gasteiger partial charge in [0.05, 0.1) is 17.9 Å². The maximum Gasteiger partial charge on any atom is 0.358 e. The first-order chi connectivity index (χ1) is 8.61. The number of aromatic carboxylic acids is 1. The minimum absolute atomic E-state index is 0.00890. The minimum atomic E-state index is -1.05. The maximum absolute atomic E-state index is 11.0. The number of aromatic nitrogens is 4. The lowest BCUT2D eigenvalue weighted by atomic mass is 10.2. The van der Waals surface area contributed by atoms with Crippen LogP contribution in [0.15, 0.2) is 22.8 Å². The molecule has 0 saturated heterocycles. The van der Waals surface area contributed by atoms with Crippen LogP contribution in [0.1, 0.15) is 28.8 Å². The molecule has 0 aromatic carbocycles. The summed E-state index contributed by atoms with van der Waals surface area (Å²) < 4.78 is 2.46. The molecule has 0 unspecified atom stereocenters. The van der Waals surface area contributed by atoms with Gasteiger partial charge in [-0.3, -0.25) is 4.98 Å². The Kier molecular flexibility index (Phi) is 3.71. The number of pyridine rings is 1. The van der Waals surface area contributed by atoms with Gasteiger partial charge in [-0.15, -0.1) is 5.10 Å². The molecule has 2 heterocycles. The molecule has 2 aromatic rings. The largest absolute Gasteiger partial charge is 0.476 e. The van der Waals surface area contributed by atoms with Crippen LogP contribution in [0.3, 0.4) is 0 Å². The molecule has 18 heavy (non-hydrogen) atoms. The SMILES string of the molecule is CCc1c(C(=O)O)nnn1Cc1ccc(Br)cn1. The highest BCUT2D eigenvalue weighted by atomic mass is 79.9. The van der Waals surface area contributed by atoms with E-state index in [9.17, 15) is 4.79 Å². The molecule has 0 radical (unpaired) electrons. The van der Waals surface area contributed by atoms with E-state index in [1.807, 2.05) is 19.1 Å². The van der Waals surface area contributed by atoms with Gasteiger partial charge in [-0.25, -0.2) is 9.48 Å². The Morgan fingerprint density at radius 3 is 2.83 bits per heavy atom. The molecule has 0 spiro atoms. The molecule has 2 aromatic heterocycles. The summed E-state index contributed by atoms with van der Waals surface area (Å²) in [6, 6.07) is 3.73. The van der Waals surface area contributed by atoms with Crippen LogP contribution in [0.25, 0.3) is 0 Å². The summed E-state index contributed by atoms with van der Waals surface area (Å²) >= 11 is 3.31. The first-order valence-corrected chi connectivity index (χ1v) is 6.17. The minimum Gasteiger partial charge on any atom is -0.476 e. The Hall–Kier alpha value is -1.76. The number of carboxylic acid groups (broad SMARTS) is 1. The first-order valence-electron chi connectivity index (χ1n) is 5.38. The summed E-state index contributed by atoms with van der Waals surface area (Å²) in [5, 5.41) is 16.5. The Labute approximate surface area is 112 Å². The summed E-state index contributed by atoms with van der Waals surface area (Å²) in [5.41, 5.74) is 1.41. The third-order valence-electron chi connectivity index (χ3n) is 2.48. The smallest absolute Gasteiger partial charge is 0.358 e. The van der Waals surface area contributed by atoms with Gasteiger partial charge in [0, 0.05) is 10.7 Å². The molecule has 1 N–H and O–H groups in total. The van der Waals surface area contributed by atoms with Crippen molar-refractivity contribution in [1.82, 2.24) is 20.0 Å². The maximum atomic E-state index is 11.0. The van der Waals surface area contributed by atoms with E-state index in [0.29, 0.717) is 18.7 Å². The zero-order valence-electron chi connectivity index (χ0n) is 9.67. The average molecular weight is 311 g/mol. The summed E-state index contributed by atoms with van der Waals surface area (Å²) in [4.78, 5) is 15.2. The van der Waals surface area contributed by atoms with Crippen LogP contribution < -0.4 is 0 Å². The van der Waals surface area contributed by atoms with Crippen LogP contribution in [0, 0.1) is 0 Å². The first kappa shape index (κ1) is 12.7. The van der Waals surface area contributed by atoms with Crippen molar-refractivity contribution in [2.75, 3.05) is 0 Å². The van der Waals surface area contributed by atoms with E-state index < -0.39 is 5.97 Å². The fraction of sp³-hybridized carbons (Fsp3) is 0.273. The predicted molar refractivity (Wildman–Crippen MR) is 67.4 cm³/mol. The van der Waals surface area contributed by atoms with Crippen LogP contribution in [-0.4, -0.2) is 31.1 Å². The number of nitrogens with zero attached hydrogens (tertiary/aromatic N) is 4. The molecule has 0 aliphatic carbocycles. The van der Waals surface area contributed by atoms with Gasteiger partial charge in [0.15, 0.2) is 5.69 Å². The van der Waals surface area contributed by atoms with Gasteiger partial charge < -0.3 is 5.11 Å². The normalized spacial score (nSPS) is 10.6. The van der Waals surface area contributed by atoms with E-state index in [2.05, 4.69) is 31.2 Å². The van der Waals surface area contributed by atoms with Gasteiger partial charge >= 0.3 is 5.97 Å². The Morgan fingerprint density at radius 1 is 1.50 bits per heavy atom. The molecule has 0 atom stereocenters. The number of carbonyl (C=O) groups is 1. The monoisotopic (exact) mass is 310 g/mol. The van der Waals surface area contributed by atoms with Crippen molar-refractivity contribution < 1.29 is 9.90 Å². The Morgan fingerprint density at radius 2 is 2.28 bits per heavy atom. The van der Waals surface area contributed by atoms with Crippen molar-refractivity contribution in [3.63, 3.8) is 0 Å². The van der Waals surface area contributed by atoms with E-state index in [4.69, 9.17) is 5.11 Å². The number of hydrogen-bond donors (Lipinski definition) is 1. The number of halogens is 1. The molecule has 2 rings (SSSR count). The number of hydrogen-bond acceptors (Lipinski definition) is 4. The highest BCUT2D eigenvalue weighted by Crippen LogP contribution is 2.11. The third kappa shape index (κ3) is 2.56. The standard InChI is InChI=1S/C11H11BrN4O2/c1-2-9-10(11(17)18)14-15-16(9)6-8-4-3-7(12)5-13-8/h3-5H,2,6H2,1H3,(H,17,18). The molecular weight excluding hydrogens is 300 g/mol. The second-order valence-corrected chi connectivity index (χ2v) is 4.58. The molecular formula is C11H11BrN4O2. The van der Waals surface area contributed by atoms with Gasteiger partial charge in [0.2, 0.25) is 0 Å². The lowest BCUT2D eigenvalue weighted by molar-refractivity contribution is 0.0689. The Bertz CT molecular complexity index is 565. The number of rotatable bonds is 4. The van der Waals surface area contributed by atoms with Crippen molar-refractivity contribution in [2.45, 2.75) is 19.9 Å². The van der Waals surface area contributed by atoms with Gasteiger partial charge in [-0.05, 0) is 34.5 Å². The fourth-order valence-corrected chi connectivity index (χ4v) is 1.86. The van der Waals surface area contributed by atoms with Crippen LogP contribution >= 0.6 is 15.9 Å². The van der Waals surface area contributed by atoms with E-state index in [1.54, 1.807) is 10.9 Å². The molecule has 6 nitrogen and oxygen atoms in total. The van der Waals surface area contributed by atoms with Crippen molar-refractivity contribution in [1.29, 1.82) is 0 Å². The summed E-state index contributed by atoms with van der Waals surface area (Å²) in [6.45, 7) is 2.29. The van der Waals surface area contributed by atoms with Crippen LogP contribution in [0.5, 0.6) is 0 Å². The predicted octanol–water partition coefficient (Wildman–Crippen LogP) is 1.74. The van der Waals surface area contributed by atoms with Crippen molar-refractivity contribution in [2.24, 2.45) is 0 Å². The Balaban J connectivity index is 2.29. The molecule has 94 valence electrons. The van der Waals surface area contributed by atoms with Gasteiger partial charge in [0.1, 0.15) is 0 Å². The van der Waals surface area contributed by atoms with E-state index in [1.165, 1.54) is 0 Å². The molecule has 0 bridgehead atoms. The van der Waals surface area contributed by atoms with E-state index in [0.717, 1.165) is 10.2 Å². The van der Waals surface area contributed by atoms with Crippen LogP contribution in [0.2, 0.25) is 0 Å². The van der Waals surface area contributed by atoms with Crippen molar-refractivity contribution in [3.05, 3.63) is 39.9 Å². The lowest BCUT2D eigenvalue weighted by Gasteiger charge is -2.04. The lowest BCUT2D eigenvalue weighted by Crippen LogP contribution is -2.09. The summed E-state index contributed by atoms with van der Waals surface area (Å²) in [6.07, 6.45) is 2.25. The highest BCUT2D eigenvalue weighted by Gasteiger charge is 2.17.